The molecule has 2 aromatic carbocycles. The van der Waals surface area contributed by atoms with Gasteiger partial charge in [0.2, 0.25) is 0 Å². The summed E-state index contributed by atoms with van der Waals surface area (Å²) in [5.41, 5.74) is 4.34. The molecule has 0 bridgehead atoms. The van der Waals surface area contributed by atoms with Crippen molar-refractivity contribution >= 4 is 5.91 Å². The Balaban J connectivity index is 1.11. The number of benzene rings is 2. The van der Waals surface area contributed by atoms with Crippen molar-refractivity contribution in [3.63, 3.8) is 0 Å². The summed E-state index contributed by atoms with van der Waals surface area (Å²) in [6.07, 6.45) is 0.00457. The number of carbonyl (C=O) groups excluding carboxylic acids is 1. The van der Waals surface area contributed by atoms with Gasteiger partial charge in [0.25, 0.3) is 5.91 Å². The zero-order chi connectivity index (χ0) is 22.6. The monoisotopic (exact) mass is 447 g/mol. The van der Waals surface area contributed by atoms with Gasteiger partial charge in [0.1, 0.15) is 17.5 Å². The number of amides is 1. The molecule has 1 atom stereocenters. The van der Waals surface area contributed by atoms with E-state index in [0.717, 1.165) is 42.3 Å². The Morgan fingerprint density at radius 3 is 2.58 bits per heavy atom. The molecule has 8 heteroatoms. The number of fused-ring (bicyclic) bond motifs is 1. The minimum atomic E-state index is 0.00457. The van der Waals surface area contributed by atoms with Crippen LogP contribution < -0.4 is 4.74 Å². The van der Waals surface area contributed by atoms with Gasteiger partial charge in [-0.15, -0.1) is 5.10 Å². The van der Waals surface area contributed by atoms with Gasteiger partial charge in [-0.1, -0.05) is 53.2 Å². The molecule has 1 amide bonds. The van der Waals surface area contributed by atoms with Crippen molar-refractivity contribution in [3.8, 4) is 5.75 Å². The fraction of sp³-hybridized carbons (Fsp3) is 0.400. The van der Waals surface area contributed by atoms with Crippen molar-refractivity contribution in [2.24, 2.45) is 0 Å². The van der Waals surface area contributed by atoms with Crippen LogP contribution in [0.5, 0.6) is 5.75 Å². The molecule has 8 nitrogen and oxygen atoms in total. The van der Waals surface area contributed by atoms with Crippen LogP contribution >= 0.6 is 0 Å². The normalized spacial score (nSPS) is 18.7. The van der Waals surface area contributed by atoms with Crippen molar-refractivity contribution in [2.75, 3.05) is 32.8 Å². The molecule has 1 fully saturated rings. The zero-order valence-electron chi connectivity index (χ0n) is 18.9. The molecule has 3 aromatic rings. The van der Waals surface area contributed by atoms with Gasteiger partial charge in [-0.05, 0) is 24.6 Å². The topological polar surface area (TPSA) is 72.7 Å². The van der Waals surface area contributed by atoms with Gasteiger partial charge in [-0.2, -0.15) is 0 Å². The van der Waals surface area contributed by atoms with Gasteiger partial charge < -0.3 is 14.4 Å². The van der Waals surface area contributed by atoms with Crippen LogP contribution in [0, 0.1) is 6.92 Å². The molecule has 33 heavy (non-hydrogen) atoms. The third-order valence-electron chi connectivity index (χ3n) is 6.33. The summed E-state index contributed by atoms with van der Waals surface area (Å²) < 4.78 is 13.7. The van der Waals surface area contributed by atoms with E-state index in [4.69, 9.17) is 9.47 Å². The van der Waals surface area contributed by atoms with E-state index in [1.54, 1.807) is 0 Å². The molecule has 1 saturated heterocycles. The lowest BCUT2D eigenvalue weighted by Crippen LogP contribution is -2.49. The van der Waals surface area contributed by atoms with E-state index in [9.17, 15) is 4.79 Å². The first kappa shape index (κ1) is 21.6. The summed E-state index contributed by atoms with van der Waals surface area (Å²) in [4.78, 5) is 16.7. The Morgan fingerprint density at radius 1 is 1.06 bits per heavy atom. The number of aryl methyl sites for hydroxylation is 1. The van der Waals surface area contributed by atoms with Gasteiger partial charge in [-0.25, -0.2) is 4.68 Å². The molecule has 2 aliphatic rings. The number of aromatic nitrogens is 3. The molecular formula is C25H29N5O3. The molecule has 0 N–H and O–H groups in total. The molecule has 3 heterocycles. The molecule has 2 aliphatic heterocycles. The number of rotatable bonds is 6. The summed E-state index contributed by atoms with van der Waals surface area (Å²) in [6.45, 7) is 6.98. The van der Waals surface area contributed by atoms with E-state index < -0.39 is 0 Å². The fourth-order valence-corrected chi connectivity index (χ4v) is 4.29. The third kappa shape index (κ3) is 5.07. The average Bonchev–Trinajstić information content (AvgIpc) is 3.26. The highest BCUT2D eigenvalue weighted by atomic mass is 16.5. The van der Waals surface area contributed by atoms with Crippen LogP contribution in [-0.4, -0.2) is 63.5 Å². The second kappa shape index (κ2) is 9.72. The number of piperazine rings is 1. The minimum absolute atomic E-state index is 0.00457. The van der Waals surface area contributed by atoms with Crippen molar-refractivity contribution < 1.29 is 14.3 Å². The van der Waals surface area contributed by atoms with Gasteiger partial charge in [0.05, 0.1) is 18.8 Å². The van der Waals surface area contributed by atoms with E-state index in [0.29, 0.717) is 26.2 Å². The Morgan fingerprint density at radius 2 is 1.82 bits per heavy atom. The first-order valence-electron chi connectivity index (χ1n) is 11.4. The van der Waals surface area contributed by atoms with Gasteiger partial charge in [-0.3, -0.25) is 9.69 Å². The second-order valence-corrected chi connectivity index (χ2v) is 8.63. The number of hydrogen-bond donors (Lipinski definition) is 0. The molecule has 1 unspecified atom stereocenters. The molecule has 0 aliphatic carbocycles. The predicted octanol–water partition coefficient (Wildman–Crippen LogP) is 2.58. The van der Waals surface area contributed by atoms with E-state index in [1.807, 2.05) is 59.0 Å². The summed E-state index contributed by atoms with van der Waals surface area (Å²) in [5.74, 6) is 0.748. The van der Waals surface area contributed by atoms with Gasteiger partial charge in [0, 0.05) is 32.7 Å². The number of nitrogens with zero attached hydrogens (tertiary/aromatic N) is 5. The number of carbonyl (C=O) groups is 1. The summed E-state index contributed by atoms with van der Waals surface area (Å²) in [7, 11) is 0. The SMILES string of the molecule is Cc1ccc(OCC(=O)N2CCN(Cc3nnn4c3COC(c3ccccc3)C4)CC2)cc1. The van der Waals surface area contributed by atoms with Gasteiger partial charge >= 0.3 is 0 Å². The summed E-state index contributed by atoms with van der Waals surface area (Å²) >= 11 is 0. The van der Waals surface area contributed by atoms with Crippen molar-refractivity contribution in [1.29, 1.82) is 0 Å². The van der Waals surface area contributed by atoms with Crippen LogP contribution in [0.3, 0.4) is 0 Å². The van der Waals surface area contributed by atoms with Crippen LogP contribution in [-0.2, 0) is 29.2 Å². The van der Waals surface area contributed by atoms with Crippen molar-refractivity contribution in [3.05, 3.63) is 77.1 Å². The Hall–Kier alpha value is -3.23. The Labute approximate surface area is 193 Å². The average molecular weight is 448 g/mol. The van der Waals surface area contributed by atoms with E-state index in [1.165, 1.54) is 5.56 Å². The van der Waals surface area contributed by atoms with E-state index in [-0.39, 0.29) is 18.6 Å². The first-order chi connectivity index (χ1) is 16.2. The Bertz CT molecular complexity index is 1080. The number of ether oxygens (including phenoxy) is 2. The summed E-state index contributed by atoms with van der Waals surface area (Å²) in [5, 5.41) is 8.81. The first-order valence-corrected chi connectivity index (χ1v) is 11.4. The lowest BCUT2D eigenvalue weighted by molar-refractivity contribution is -0.135. The molecule has 0 radical (unpaired) electrons. The maximum atomic E-state index is 12.5. The van der Waals surface area contributed by atoms with Crippen LogP contribution in [0.15, 0.2) is 54.6 Å². The zero-order valence-corrected chi connectivity index (χ0v) is 18.9. The maximum absolute atomic E-state index is 12.5. The largest absolute Gasteiger partial charge is 0.484 e. The third-order valence-corrected chi connectivity index (χ3v) is 6.33. The van der Waals surface area contributed by atoms with Crippen molar-refractivity contribution in [1.82, 2.24) is 24.8 Å². The quantitative estimate of drug-likeness (QED) is 0.578. The van der Waals surface area contributed by atoms with Crippen LogP contribution in [0.1, 0.15) is 28.6 Å². The molecular weight excluding hydrogens is 418 g/mol. The van der Waals surface area contributed by atoms with Crippen LogP contribution in [0.4, 0.5) is 0 Å². The molecule has 0 saturated carbocycles. The molecule has 172 valence electrons. The Kier molecular flexibility index (Phi) is 6.37. The lowest BCUT2D eigenvalue weighted by atomic mass is 10.1. The smallest absolute Gasteiger partial charge is 0.260 e. The lowest BCUT2D eigenvalue weighted by Gasteiger charge is -2.34. The van der Waals surface area contributed by atoms with Crippen LogP contribution in [0.25, 0.3) is 0 Å². The van der Waals surface area contributed by atoms with E-state index >= 15 is 0 Å². The maximum Gasteiger partial charge on any atom is 0.260 e. The highest BCUT2D eigenvalue weighted by Crippen LogP contribution is 2.27. The highest BCUT2D eigenvalue weighted by Gasteiger charge is 2.27. The minimum Gasteiger partial charge on any atom is -0.484 e. The number of hydrogen-bond acceptors (Lipinski definition) is 6. The standard InChI is InChI=1S/C25H29N5O3/c1-19-7-9-21(10-8-19)32-18-25(31)29-13-11-28(12-14-29)15-22-23-17-33-24(16-30(23)27-26-22)20-5-3-2-4-6-20/h2-10,24H,11-18H2,1H3. The second-order valence-electron chi connectivity index (χ2n) is 8.63. The van der Waals surface area contributed by atoms with Crippen molar-refractivity contribution in [2.45, 2.75) is 32.7 Å². The molecule has 0 spiro atoms. The molecule has 5 rings (SSSR count). The van der Waals surface area contributed by atoms with Gasteiger partial charge in [0.15, 0.2) is 6.61 Å². The van der Waals surface area contributed by atoms with E-state index in [2.05, 4.69) is 27.3 Å². The highest BCUT2D eigenvalue weighted by molar-refractivity contribution is 5.77. The van der Waals surface area contributed by atoms with Crippen LogP contribution in [0.2, 0.25) is 0 Å². The fourth-order valence-electron chi connectivity index (χ4n) is 4.29. The molecule has 1 aromatic heterocycles. The summed E-state index contributed by atoms with van der Waals surface area (Å²) in [6, 6.07) is 18.0. The predicted molar refractivity (Wildman–Crippen MR) is 123 cm³/mol.